The van der Waals surface area contributed by atoms with Gasteiger partial charge in [0.15, 0.2) is 6.10 Å². The molecule has 1 saturated heterocycles. The van der Waals surface area contributed by atoms with E-state index >= 15 is 0 Å². The molecule has 1 aliphatic heterocycles. The molecule has 0 aliphatic carbocycles. The van der Waals surface area contributed by atoms with Crippen LogP contribution in [0.5, 0.6) is 0 Å². The monoisotopic (exact) mass is 242 g/mol. The minimum Gasteiger partial charge on any atom is -0.382 e. The molecule has 0 bridgehead atoms. The topological polar surface area (TPSA) is 44.7 Å². The Morgan fingerprint density at radius 1 is 1.31 bits per heavy atom. The van der Waals surface area contributed by atoms with Crippen molar-refractivity contribution in [3.05, 3.63) is 0 Å². The van der Waals surface area contributed by atoms with Crippen molar-refractivity contribution in [2.45, 2.75) is 12.3 Å². The van der Waals surface area contributed by atoms with Crippen LogP contribution in [0.3, 0.4) is 0 Å². The van der Waals surface area contributed by atoms with Gasteiger partial charge in [-0.2, -0.15) is 13.2 Å². The molecule has 1 atom stereocenters. The van der Waals surface area contributed by atoms with Gasteiger partial charge < -0.3 is 15.2 Å². The van der Waals surface area contributed by atoms with Crippen molar-refractivity contribution >= 4 is 0 Å². The van der Waals surface area contributed by atoms with Crippen LogP contribution in [-0.4, -0.2) is 68.2 Å². The van der Waals surface area contributed by atoms with Gasteiger partial charge in [-0.1, -0.05) is 0 Å². The summed E-state index contributed by atoms with van der Waals surface area (Å²) >= 11 is 0. The van der Waals surface area contributed by atoms with E-state index in [1.807, 2.05) is 0 Å². The maximum Gasteiger partial charge on any atom is 0.415 e. The first kappa shape index (κ1) is 13.7. The molecule has 1 fully saturated rings. The van der Waals surface area contributed by atoms with Crippen molar-refractivity contribution in [3.63, 3.8) is 0 Å². The summed E-state index contributed by atoms with van der Waals surface area (Å²) in [5, 5.41) is 11.3. The predicted octanol–water partition coefficient (Wildman–Crippen LogP) is -0.169. The van der Waals surface area contributed by atoms with Gasteiger partial charge in [-0.25, -0.2) is 0 Å². The number of hydrogen-bond donors (Lipinski definition) is 2. The molecule has 0 aromatic rings. The molecule has 0 aromatic heterocycles. The molecule has 0 aromatic carbocycles. The molecule has 4 nitrogen and oxygen atoms in total. The number of rotatable bonds is 5. The highest BCUT2D eigenvalue weighted by molar-refractivity contribution is 4.69. The van der Waals surface area contributed by atoms with Crippen molar-refractivity contribution < 1.29 is 23.0 Å². The second-order valence-corrected chi connectivity index (χ2v) is 3.72. The molecule has 0 spiro atoms. The summed E-state index contributed by atoms with van der Waals surface area (Å²) < 4.78 is 40.9. The number of hydrogen-bond acceptors (Lipinski definition) is 4. The normalized spacial score (nSPS) is 21.0. The van der Waals surface area contributed by atoms with Crippen LogP contribution in [0, 0.1) is 0 Å². The van der Waals surface area contributed by atoms with E-state index in [1.54, 1.807) is 0 Å². The maximum absolute atomic E-state index is 11.9. The third-order valence-corrected chi connectivity index (χ3v) is 2.42. The van der Waals surface area contributed by atoms with Gasteiger partial charge in [-0.15, -0.1) is 0 Å². The summed E-state index contributed by atoms with van der Waals surface area (Å²) in [6.45, 7) is 3.62. The van der Waals surface area contributed by atoms with Crippen molar-refractivity contribution in [2.75, 3.05) is 45.9 Å². The first-order valence-electron chi connectivity index (χ1n) is 5.26. The molecule has 16 heavy (non-hydrogen) atoms. The fraction of sp³-hybridized carbons (Fsp3) is 1.00. The molecule has 96 valence electrons. The van der Waals surface area contributed by atoms with Crippen LogP contribution >= 0.6 is 0 Å². The maximum atomic E-state index is 11.9. The van der Waals surface area contributed by atoms with E-state index in [9.17, 15) is 13.2 Å². The SMILES string of the molecule is OC(CNCCN1CCOCC1)C(F)(F)F. The van der Waals surface area contributed by atoms with Gasteiger partial charge in [0.2, 0.25) is 0 Å². The number of aliphatic hydroxyl groups is 1. The number of ether oxygens (including phenoxy) is 1. The van der Waals surface area contributed by atoms with Crippen LogP contribution in [0.15, 0.2) is 0 Å². The molecule has 1 rings (SSSR count). The number of nitrogens with one attached hydrogen (secondary N) is 1. The molecule has 2 N–H and O–H groups in total. The van der Waals surface area contributed by atoms with Crippen molar-refractivity contribution in [1.29, 1.82) is 0 Å². The van der Waals surface area contributed by atoms with Crippen LogP contribution in [-0.2, 0) is 4.74 Å². The molecule has 1 aliphatic rings. The van der Waals surface area contributed by atoms with Crippen LogP contribution in [0.2, 0.25) is 0 Å². The molecule has 0 saturated carbocycles. The molecule has 1 heterocycles. The number of morpholine rings is 1. The Labute approximate surface area is 92.4 Å². The molecule has 0 radical (unpaired) electrons. The lowest BCUT2D eigenvalue weighted by Crippen LogP contribution is -2.43. The first-order chi connectivity index (χ1) is 7.50. The minimum atomic E-state index is -4.54. The number of aliphatic hydroxyl groups excluding tert-OH is 1. The summed E-state index contributed by atoms with van der Waals surface area (Å²) in [5.41, 5.74) is 0. The summed E-state index contributed by atoms with van der Waals surface area (Å²) in [6, 6.07) is 0. The van der Waals surface area contributed by atoms with Gasteiger partial charge in [0.05, 0.1) is 13.2 Å². The lowest BCUT2D eigenvalue weighted by atomic mass is 10.3. The fourth-order valence-corrected chi connectivity index (χ4v) is 1.42. The zero-order valence-corrected chi connectivity index (χ0v) is 8.96. The van der Waals surface area contributed by atoms with Crippen molar-refractivity contribution in [1.82, 2.24) is 10.2 Å². The molecule has 7 heteroatoms. The molecular formula is C9H17F3N2O2. The third kappa shape index (κ3) is 5.11. The van der Waals surface area contributed by atoms with E-state index < -0.39 is 18.8 Å². The minimum absolute atomic E-state index is 0.438. The summed E-state index contributed by atoms with van der Waals surface area (Å²) in [7, 11) is 0. The van der Waals surface area contributed by atoms with E-state index in [4.69, 9.17) is 9.84 Å². The Hall–Kier alpha value is -0.370. The van der Waals surface area contributed by atoms with E-state index in [0.29, 0.717) is 26.3 Å². The summed E-state index contributed by atoms with van der Waals surface area (Å²) in [5.74, 6) is 0. The Kier molecular flexibility index (Phi) is 5.47. The van der Waals surface area contributed by atoms with Gasteiger partial charge in [0.25, 0.3) is 0 Å². The van der Waals surface area contributed by atoms with Gasteiger partial charge in [-0.05, 0) is 0 Å². The molecule has 0 amide bonds. The number of halogens is 3. The van der Waals surface area contributed by atoms with Crippen LogP contribution in [0.4, 0.5) is 13.2 Å². The zero-order chi connectivity index (χ0) is 12.0. The van der Waals surface area contributed by atoms with Gasteiger partial charge >= 0.3 is 6.18 Å². The van der Waals surface area contributed by atoms with E-state index in [-0.39, 0.29) is 0 Å². The Morgan fingerprint density at radius 2 is 1.94 bits per heavy atom. The highest BCUT2D eigenvalue weighted by atomic mass is 19.4. The quantitative estimate of drug-likeness (QED) is 0.657. The van der Waals surface area contributed by atoms with Gasteiger partial charge in [0, 0.05) is 32.7 Å². The number of alkyl halides is 3. The second kappa shape index (κ2) is 6.39. The van der Waals surface area contributed by atoms with Crippen LogP contribution < -0.4 is 5.32 Å². The predicted molar refractivity (Wildman–Crippen MR) is 52.2 cm³/mol. The smallest absolute Gasteiger partial charge is 0.382 e. The first-order valence-corrected chi connectivity index (χ1v) is 5.26. The van der Waals surface area contributed by atoms with Gasteiger partial charge in [-0.3, -0.25) is 4.90 Å². The lowest BCUT2D eigenvalue weighted by molar-refractivity contribution is -0.201. The third-order valence-electron chi connectivity index (χ3n) is 2.42. The van der Waals surface area contributed by atoms with Crippen molar-refractivity contribution in [3.8, 4) is 0 Å². The highest BCUT2D eigenvalue weighted by Gasteiger charge is 2.37. The summed E-state index contributed by atoms with van der Waals surface area (Å²) in [4.78, 5) is 2.11. The Bertz CT molecular complexity index is 196. The average Bonchev–Trinajstić information content (AvgIpc) is 2.24. The zero-order valence-electron chi connectivity index (χ0n) is 8.96. The van der Waals surface area contributed by atoms with Gasteiger partial charge in [0.1, 0.15) is 0 Å². The Morgan fingerprint density at radius 3 is 2.50 bits per heavy atom. The van der Waals surface area contributed by atoms with Crippen molar-refractivity contribution in [2.24, 2.45) is 0 Å². The Balaban J connectivity index is 2.02. The van der Waals surface area contributed by atoms with Crippen LogP contribution in [0.1, 0.15) is 0 Å². The van der Waals surface area contributed by atoms with E-state index in [0.717, 1.165) is 13.1 Å². The highest BCUT2D eigenvalue weighted by Crippen LogP contribution is 2.18. The standard InChI is InChI=1S/C9H17F3N2O2/c10-9(11,12)8(15)7-13-1-2-14-3-5-16-6-4-14/h8,13,15H,1-7H2. The second-order valence-electron chi connectivity index (χ2n) is 3.72. The molecular weight excluding hydrogens is 225 g/mol. The summed E-state index contributed by atoms with van der Waals surface area (Å²) in [6.07, 6.45) is -6.82. The largest absolute Gasteiger partial charge is 0.415 e. The lowest BCUT2D eigenvalue weighted by Gasteiger charge is -2.26. The average molecular weight is 242 g/mol. The van der Waals surface area contributed by atoms with E-state index in [2.05, 4.69) is 10.2 Å². The van der Waals surface area contributed by atoms with Crippen LogP contribution in [0.25, 0.3) is 0 Å². The number of nitrogens with zero attached hydrogens (tertiary/aromatic N) is 1. The van der Waals surface area contributed by atoms with E-state index in [1.165, 1.54) is 0 Å². The molecule has 1 unspecified atom stereocenters. The fourth-order valence-electron chi connectivity index (χ4n) is 1.42.